The quantitative estimate of drug-likeness (QED) is 0.807. The number of ether oxygens (including phenoxy) is 1. The van der Waals surface area contributed by atoms with Gasteiger partial charge in [-0.15, -0.1) is 0 Å². The molecule has 1 aliphatic heterocycles. The number of nitrogens with one attached hydrogen (secondary N) is 1. The Morgan fingerprint density at radius 2 is 2.60 bits per heavy atom. The van der Waals surface area contributed by atoms with Gasteiger partial charge in [-0.3, -0.25) is 4.68 Å². The fourth-order valence-corrected chi connectivity index (χ4v) is 2.24. The fourth-order valence-electron chi connectivity index (χ4n) is 2.24. The Bertz CT molecular complexity index is 305. The van der Waals surface area contributed by atoms with E-state index in [0.717, 1.165) is 26.2 Å². The predicted octanol–water partition coefficient (Wildman–Crippen LogP) is 1.11. The largest absolute Gasteiger partial charge is 0.381 e. The van der Waals surface area contributed by atoms with Crippen molar-refractivity contribution in [3.8, 4) is 0 Å². The first-order chi connectivity index (χ1) is 7.33. The second-order valence-electron chi connectivity index (χ2n) is 4.04. The molecule has 1 aliphatic rings. The van der Waals surface area contributed by atoms with Crippen molar-refractivity contribution in [2.75, 3.05) is 19.8 Å². The van der Waals surface area contributed by atoms with Crippen LogP contribution < -0.4 is 5.32 Å². The molecule has 1 saturated heterocycles. The van der Waals surface area contributed by atoms with Crippen LogP contribution >= 0.6 is 0 Å². The Hall–Kier alpha value is -0.870. The normalized spacial score (nSPS) is 23.2. The van der Waals surface area contributed by atoms with Crippen LogP contribution in [0.3, 0.4) is 0 Å². The molecule has 0 bridgehead atoms. The van der Waals surface area contributed by atoms with Crippen LogP contribution in [0.1, 0.15) is 25.1 Å². The minimum atomic E-state index is 0.380. The zero-order chi connectivity index (χ0) is 10.7. The van der Waals surface area contributed by atoms with E-state index in [1.807, 2.05) is 17.9 Å². The zero-order valence-corrected chi connectivity index (χ0v) is 9.44. The molecule has 1 aromatic heterocycles. The molecule has 2 atom stereocenters. The second-order valence-corrected chi connectivity index (χ2v) is 4.04. The third-order valence-electron chi connectivity index (χ3n) is 3.04. The summed E-state index contributed by atoms with van der Waals surface area (Å²) in [5.74, 6) is 0.584. The molecule has 1 N–H and O–H groups in total. The highest BCUT2D eigenvalue weighted by molar-refractivity contribution is 5.08. The fraction of sp³-hybridized carbons (Fsp3) is 0.727. The molecule has 0 aromatic carbocycles. The first-order valence-electron chi connectivity index (χ1n) is 5.62. The summed E-state index contributed by atoms with van der Waals surface area (Å²) in [7, 11) is 2.00. The van der Waals surface area contributed by atoms with Crippen LogP contribution in [0.4, 0.5) is 0 Å². The minimum Gasteiger partial charge on any atom is -0.381 e. The molecule has 2 heterocycles. The predicted molar refractivity (Wildman–Crippen MR) is 58.6 cm³/mol. The summed E-state index contributed by atoms with van der Waals surface area (Å²) in [5, 5.41) is 7.75. The molecule has 84 valence electrons. The van der Waals surface area contributed by atoms with Crippen molar-refractivity contribution < 1.29 is 4.74 Å². The summed E-state index contributed by atoms with van der Waals surface area (Å²) in [5.41, 5.74) is 1.26. The topological polar surface area (TPSA) is 39.1 Å². The van der Waals surface area contributed by atoms with Crippen molar-refractivity contribution in [3.63, 3.8) is 0 Å². The van der Waals surface area contributed by atoms with E-state index in [-0.39, 0.29) is 0 Å². The SMILES string of the molecule is CCNC(c1ccnn1C)C1CCOC1. The molecule has 0 spiro atoms. The number of hydrogen-bond donors (Lipinski definition) is 1. The molecule has 0 radical (unpaired) electrons. The van der Waals surface area contributed by atoms with Crippen LogP contribution in [0.15, 0.2) is 12.3 Å². The standard InChI is InChI=1S/C11H19N3O/c1-3-12-11(9-5-7-15-8-9)10-4-6-13-14(10)2/h4,6,9,11-12H,3,5,7-8H2,1-2H3. The van der Waals surface area contributed by atoms with Crippen LogP contribution in [0.2, 0.25) is 0 Å². The Kier molecular flexibility index (Phi) is 3.38. The number of aryl methyl sites for hydroxylation is 1. The third kappa shape index (κ3) is 2.21. The van der Waals surface area contributed by atoms with Crippen molar-refractivity contribution in [2.24, 2.45) is 13.0 Å². The lowest BCUT2D eigenvalue weighted by molar-refractivity contribution is 0.176. The van der Waals surface area contributed by atoms with E-state index < -0.39 is 0 Å². The molecule has 2 unspecified atom stereocenters. The van der Waals surface area contributed by atoms with Gasteiger partial charge in [-0.1, -0.05) is 6.92 Å². The Morgan fingerprint density at radius 3 is 3.13 bits per heavy atom. The highest BCUT2D eigenvalue weighted by atomic mass is 16.5. The Balaban J connectivity index is 2.15. The molecule has 2 rings (SSSR count). The van der Waals surface area contributed by atoms with Gasteiger partial charge in [0.1, 0.15) is 0 Å². The minimum absolute atomic E-state index is 0.380. The maximum atomic E-state index is 5.45. The van der Waals surface area contributed by atoms with E-state index in [4.69, 9.17) is 4.74 Å². The highest BCUT2D eigenvalue weighted by Crippen LogP contribution is 2.28. The third-order valence-corrected chi connectivity index (χ3v) is 3.04. The Labute approximate surface area is 90.6 Å². The van der Waals surface area contributed by atoms with E-state index in [1.54, 1.807) is 0 Å². The average molecular weight is 209 g/mol. The summed E-state index contributed by atoms with van der Waals surface area (Å²) in [6.07, 6.45) is 3.00. The van der Waals surface area contributed by atoms with Crippen molar-refractivity contribution in [2.45, 2.75) is 19.4 Å². The summed E-state index contributed by atoms with van der Waals surface area (Å²) in [6, 6.07) is 2.47. The van der Waals surface area contributed by atoms with Crippen molar-refractivity contribution in [3.05, 3.63) is 18.0 Å². The van der Waals surface area contributed by atoms with Crippen LogP contribution in [-0.2, 0) is 11.8 Å². The number of hydrogen-bond acceptors (Lipinski definition) is 3. The first-order valence-corrected chi connectivity index (χ1v) is 5.62. The van der Waals surface area contributed by atoms with Crippen LogP contribution in [0.5, 0.6) is 0 Å². The van der Waals surface area contributed by atoms with Gasteiger partial charge in [-0.2, -0.15) is 5.10 Å². The monoisotopic (exact) mass is 209 g/mol. The number of rotatable bonds is 4. The molecule has 1 aromatic rings. The van der Waals surface area contributed by atoms with Gasteiger partial charge in [-0.05, 0) is 19.0 Å². The molecule has 0 amide bonds. The smallest absolute Gasteiger partial charge is 0.0554 e. The van der Waals surface area contributed by atoms with E-state index in [1.165, 1.54) is 5.69 Å². The van der Waals surface area contributed by atoms with E-state index in [9.17, 15) is 0 Å². The van der Waals surface area contributed by atoms with Crippen LogP contribution in [0, 0.1) is 5.92 Å². The maximum Gasteiger partial charge on any atom is 0.0554 e. The van der Waals surface area contributed by atoms with E-state index in [0.29, 0.717) is 12.0 Å². The first kappa shape index (κ1) is 10.6. The van der Waals surface area contributed by atoms with Gasteiger partial charge in [0.05, 0.1) is 18.3 Å². The van der Waals surface area contributed by atoms with Gasteiger partial charge in [0, 0.05) is 25.8 Å². The summed E-state index contributed by atoms with van der Waals surface area (Å²) in [6.45, 7) is 4.87. The van der Waals surface area contributed by atoms with Gasteiger partial charge in [-0.25, -0.2) is 0 Å². The molecule has 4 heteroatoms. The molecule has 4 nitrogen and oxygen atoms in total. The lowest BCUT2D eigenvalue weighted by atomic mass is 9.96. The molecular formula is C11H19N3O. The van der Waals surface area contributed by atoms with Gasteiger partial charge in [0.25, 0.3) is 0 Å². The second kappa shape index (κ2) is 4.77. The lowest BCUT2D eigenvalue weighted by Gasteiger charge is -2.23. The van der Waals surface area contributed by atoms with Gasteiger partial charge in [0.2, 0.25) is 0 Å². The van der Waals surface area contributed by atoms with Crippen LogP contribution in [-0.4, -0.2) is 29.5 Å². The molecule has 0 aliphatic carbocycles. The van der Waals surface area contributed by atoms with Crippen molar-refractivity contribution in [1.82, 2.24) is 15.1 Å². The summed E-state index contributed by atoms with van der Waals surface area (Å²) < 4.78 is 7.40. The zero-order valence-electron chi connectivity index (χ0n) is 9.44. The van der Waals surface area contributed by atoms with Crippen molar-refractivity contribution >= 4 is 0 Å². The molecule has 15 heavy (non-hydrogen) atoms. The van der Waals surface area contributed by atoms with Gasteiger partial charge in [0.15, 0.2) is 0 Å². The highest BCUT2D eigenvalue weighted by Gasteiger charge is 2.27. The average Bonchev–Trinajstić information content (AvgIpc) is 2.85. The number of aromatic nitrogens is 2. The summed E-state index contributed by atoms with van der Waals surface area (Å²) in [4.78, 5) is 0. The van der Waals surface area contributed by atoms with Gasteiger partial charge >= 0.3 is 0 Å². The molecular weight excluding hydrogens is 190 g/mol. The summed E-state index contributed by atoms with van der Waals surface area (Å²) >= 11 is 0. The Morgan fingerprint density at radius 1 is 1.73 bits per heavy atom. The molecule has 1 fully saturated rings. The van der Waals surface area contributed by atoms with E-state index >= 15 is 0 Å². The van der Waals surface area contributed by atoms with Crippen molar-refractivity contribution in [1.29, 1.82) is 0 Å². The van der Waals surface area contributed by atoms with Gasteiger partial charge < -0.3 is 10.1 Å². The maximum absolute atomic E-state index is 5.45. The molecule has 0 saturated carbocycles. The van der Waals surface area contributed by atoms with Crippen LogP contribution in [0.25, 0.3) is 0 Å². The number of nitrogens with zero attached hydrogens (tertiary/aromatic N) is 2. The van der Waals surface area contributed by atoms with E-state index in [2.05, 4.69) is 23.4 Å². The lowest BCUT2D eigenvalue weighted by Crippen LogP contribution is -2.30.